The number of carbonyl (C=O) groups excluding carboxylic acids is 1. The summed E-state index contributed by atoms with van der Waals surface area (Å²) in [6.07, 6.45) is 2.73. The fourth-order valence-electron chi connectivity index (χ4n) is 2.61. The van der Waals surface area contributed by atoms with E-state index in [0.717, 1.165) is 24.8 Å². The minimum absolute atomic E-state index is 0.0757. The maximum atomic E-state index is 12.5. The van der Waals surface area contributed by atoms with Crippen LogP contribution in [-0.4, -0.2) is 19.6 Å². The molecule has 142 valence electrons. The minimum Gasteiger partial charge on any atom is -0.324 e. The van der Waals surface area contributed by atoms with Crippen LogP contribution in [0, 0.1) is 13.8 Å². The normalized spacial score (nSPS) is 10.4. The number of hydrogen-bond donors (Lipinski definition) is 1. The Labute approximate surface area is 155 Å². The van der Waals surface area contributed by atoms with Crippen LogP contribution in [0.3, 0.4) is 0 Å². The van der Waals surface area contributed by atoms with Gasteiger partial charge in [0.1, 0.15) is 6.54 Å². The predicted octanol–water partition coefficient (Wildman–Crippen LogP) is 0.799. The molecule has 1 aromatic heterocycles. The van der Waals surface area contributed by atoms with Crippen LogP contribution in [0.1, 0.15) is 11.1 Å². The first kappa shape index (κ1) is 19.9. The largest absolute Gasteiger partial charge is 0.337 e. The molecule has 0 bridgehead atoms. The van der Waals surface area contributed by atoms with Crippen molar-refractivity contribution >= 4 is 11.6 Å². The zero-order valence-electron chi connectivity index (χ0n) is 15.4. The van der Waals surface area contributed by atoms with Gasteiger partial charge in [-0.15, -0.1) is 13.2 Å². The number of amides is 1. The molecule has 0 aliphatic rings. The average molecular weight is 370 g/mol. The summed E-state index contributed by atoms with van der Waals surface area (Å²) in [5.41, 5.74) is -0.00532. The van der Waals surface area contributed by atoms with E-state index in [1.54, 1.807) is 12.1 Å². The van der Waals surface area contributed by atoms with Crippen LogP contribution < -0.4 is 22.4 Å². The van der Waals surface area contributed by atoms with Crippen molar-refractivity contribution in [1.29, 1.82) is 0 Å². The molecule has 1 heterocycles. The Morgan fingerprint density at radius 3 is 2.00 bits per heavy atom. The van der Waals surface area contributed by atoms with Gasteiger partial charge in [-0.1, -0.05) is 24.3 Å². The van der Waals surface area contributed by atoms with Crippen LogP contribution in [0.4, 0.5) is 5.69 Å². The fourth-order valence-corrected chi connectivity index (χ4v) is 2.61. The van der Waals surface area contributed by atoms with Crippen molar-refractivity contribution in [1.82, 2.24) is 13.7 Å². The maximum absolute atomic E-state index is 12.5. The van der Waals surface area contributed by atoms with Gasteiger partial charge >= 0.3 is 17.1 Å². The second kappa shape index (κ2) is 8.31. The zero-order valence-corrected chi connectivity index (χ0v) is 15.4. The number of nitrogens with one attached hydrogen (secondary N) is 1. The van der Waals surface area contributed by atoms with Crippen LogP contribution >= 0.6 is 0 Å². The van der Waals surface area contributed by atoms with E-state index in [0.29, 0.717) is 5.69 Å². The quantitative estimate of drug-likeness (QED) is 0.730. The van der Waals surface area contributed by atoms with Crippen molar-refractivity contribution in [2.45, 2.75) is 33.5 Å². The SMILES string of the molecule is C=CCn1c(=O)n(CC=C)c(=O)n(CC(=O)Nc2cccc(C)c2C)c1=O. The molecule has 0 aliphatic carbocycles. The lowest BCUT2D eigenvalue weighted by Gasteiger charge is -2.13. The highest BCUT2D eigenvalue weighted by molar-refractivity contribution is 5.91. The van der Waals surface area contributed by atoms with Gasteiger partial charge in [0.2, 0.25) is 5.91 Å². The summed E-state index contributed by atoms with van der Waals surface area (Å²) in [6, 6.07) is 5.44. The first-order valence-electron chi connectivity index (χ1n) is 8.34. The van der Waals surface area contributed by atoms with Crippen molar-refractivity contribution in [3.63, 3.8) is 0 Å². The third-order valence-corrected chi connectivity index (χ3v) is 4.19. The number of aromatic nitrogens is 3. The molecule has 27 heavy (non-hydrogen) atoms. The number of anilines is 1. The van der Waals surface area contributed by atoms with E-state index >= 15 is 0 Å². The number of carbonyl (C=O) groups is 1. The van der Waals surface area contributed by atoms with E-state index in [1.165, 1.54) is 12.2 Å². The summed E-state index contributed by atoms with van der Waals surface area (Å²) in [5, 5.41) is 2.70. The number of hydrogen-bond acceptors (Lipinski definition) is 4. The Balaban J connectivity index is 2.47. The van der Waals surface area contributed by atoms with E-state index in [2.05, 4.69) is 18.5 Å². The zero-order chi connectivity index (χ0) is 20.1. The van der Waals surface area contributed by atoms with E-state index in [1.807, 2.05) is 19.9 Å². The molecule has 0 unspecified atom stereocenters. The Kier molecular flexibility index (Phi) is 6.12. The molecule has 0 aliphatic heterocycles. The summed E-state index contributed by atoms with van der Waals surface area (Å²) < 4.78 is 2.43. The third kappa shape index (κ3) is 4.05. The molecule has 2 aromatic rings. The molecular weight excluding hydrogens is 348 g/mol. The molecule has 0 saturated heterocycles. The highest BCUT2D eigenvalue weighted by Gasteiger charge is 2.17. The van der Waals surface area contributed by atoms with Gasteiger partial charge in [-0.05, 0) is 31.0 Å². The van der Waals surface area contributed by atoms with Crippen LogP contribution in [0.25, 0.3) is 0 Å². The van der Waals surface area contributed by atoms with E-state index in [9.17, 15) is 19.2 Å². The molecule has 1 aromatic carbocycles. The summed E-state index contributed by atoms with van der Waals surface area (Å²) in [7, 11) is 0. The average Bonchev–Trinajstić information content (AvgIpc) is 2.63. The van der Waals surface area contributed by atoms with Gasteiger partial charge in [0, 0.05) is 5.69 Å². The highest BCUT2D eigenvalue weighted by atomic mass is 16.2. The van der Waals surface area contributed by atoms with Gasteiger partial charge in [0.15, 0.2) is 0 Å². The van der Waals surface area contributed by atoms with E-state index in [-0.39, 0.29) is 13.1 Å². The molecule has 1 amide bonds. The Hall–Kier alpha value is -3.42. The molecule has 1 N–H and O–H groups in total. The lowest BCUT2D eigenvalue weighted by Crippen LogP contribution is -2.55. The molecule has 8 heteroatoms. The third-order valence-electron chi connectivity index (χ3n) is 4.19. The topological polar surface area (TPSA) is 95.1 Å². The predicted molar refractivity (Wildman–Crippen MR) is 104 cm³/mol. The summed E-state index contributed by atoms with van der Waals surface area (Å²) >= 11 is 0. The summed E-state index contributed by atoms with van der Waals surface area (Å²) in [4.78, 5) is 49.8. The maximum Gasteiger partial charge on any atom is 0.337 e. The molecule has 0 fully saturated rings. The molecule has 8 nitrogen and oxygen atoms in total. The van der Waals surface area contributed by atoms with Gasteiger partial charge < -0.3 is 5.32 Å². The molecule has 0 atom stereocenters. The first-order chi connectivity index (χ1) is 12.8. The Morgan fingerprint density at radius 1 is 0.963 bits per heavy atom. The minimum atomic E-state index is -0.860. The van der Waals surface area contributed by atoms with Gasteiger partial charge in [0.05, 0.1) is 13.1 Å². The summed E-state index contributed by atoms with van der Waals surface area (Å²) in [5.74, 6) is -0.545. The van der Waals surface area contributed by atoms with Gasteiger partial charge in [-0.3, -0.25) is 4.79 Å². The Morgan fingerprint density at radius 2 is 1.48 bits per heavy atom. The van der Waals surface area contributed by atoms with Crippen molar-refractivity contribution in [2.75, 3.05) is 5.32 Å². The number of benzene rings is 1. The Bertz CT molecular complexity index is 1020. The molecule has 0 saturated carbocycles. The van der Waals surface area contributed by atoms with Crippen LogP contribution in [0.15, 0.2) is 57.9 Å². The van der Waals surface area contributed by atoms with Crippen LogP contribution in [0.5, 0.6) is 0 Å². The van der Waals surface area contributed by atoms with Crippen LogP contribution in [-0.2, 0) is 24.4 Å². The van der Waals surface area contributed by atoms with Crippen molar-refractivity contribution in [2.24, 2.45) is 0 Å². The van der Waals surface area contributed by atoms with Crippen LogP contribution in [0.2, 0.25) is 0 Å². The van der Waals surface area contributed by atoms with Crippen molar-refractivity contribution in [3.8, 4) is 0 Å². The van der Waals surface area contributed by atoms with Gasteiger partial charge in [-0.25, -0.2) is 28.1 Å². The van der Waals surface area contributed by atoms with E-state index in [4.69, 9.17) is 0 Å². The molecular formula is C19H22N4O4. The van der Waals surface area contributed by atoms with Crippen molar-refractivity contribution < 1.29 is 4.79 Å². The number of allylic oxidation sites excluding steroid dienone is 2. The standard InChI is InChI=1S/C19H22N4O4/c1-5-10-21-17(25)22(11-6-2)19(27)23(18(21)26)12-16(24)20-15-9-7-8-13(3)14(15)4/h5-9H,1-2,10-12H2,3-4H3,(H,20,24). The smallest absolute Gasteiger partial charge is 0.324 e. The number of aryl methyl sites for hydroxylation is 1. The molecule has 0 radical (unpaired) electrons. The lowest BCUT2D eigenvalue weighted by atomic mass is 10.1. The van der Waals surface area contributed by atoms with Gasteiger partial charge in [-0.2, -0.15) is 0 Å². The van der Waals surface area contributed by atoms with Gasteiger partial charge in [0.25, 0.3) is 0 Å². The van der Waals surface area contributed by atoms with E-state index < -0.39 is 29.5 Å². The highest BCUT2D eigenvalue weighted by Crippen LogP contribution is 2.17. The number of rotatable bonds is 7. The second-order valence-corrected chi connectivity index (χ2v) is 6.03. The monoisotopic (exact) mass is 370 g/mol. The number of nitrogens with zero attached hydrogens (tertiary/aromatic N) is 3. The van der Waals surface area contributed by atoms with Crippen molar-refractivity contribution in [3.05, 3.63) is 86.1 Å². The second-order valence-electron chi connectivity index (χ2n) is 6.03. The molecule has 2 rings (SSSR count). The first-order valence-corrected chi connectivity index (χ1v) is 8.34. The summed E-state index contributed by atoms with van der Waals surface area (Å²) in [6.45, 7) is 10.1. The lowest BCUT2D eigenvalue weighted by molar-refractivity contribution is -0.116. The fraction of sp³-hybridized carbons (Fsp3) is 0.263. The molecule has 0 spiro atoms.